The van der Waals surface area contributed by atoms with Crippen LogP contribution in [-0.2, 0) is 11.2 Å². The number of aliphatic imine (C=N–C) groups is 2. The number of fused-ring (bicyclic) bond motifs is 1. The van der Waals surface area contributed by atoms with E-state index in [-0.39, 0.29) is 10.9 Å². The van der Waals surface area contributed by atoms with Crippen molar-refractivity contribution < 1.29 is 13.6 Å². The molecule has 7 heteroatoms. The lowest BCUT2D eigenvalue weighted by atomic mass is 10.0. The number of aryl methyl sites for hydroxylation is 1. The molecular weight excluding hydrogens is 490 g/mol. The molecule has 0 radical (unpaired) electrons. The summed E-state index contributed by atoms with van der Waals surface area (Å²) in [5.41, 5.74) is 3.73. The summed E-state index contributed by atoms with van der Waals surface area (Å²) in [6.45, 7) is 13.0. The third-order valence-corrected chi connectivity index (χ3v) is 11.6. The fourth-order valence-corrected chi connectivity index (χ4v) is 5.10. The van der Waals surface area contributed by atoms with Crippen molar-refractivity contribution in [1.29, 1.82) is 0 Å². The van der Waals surface area contributed by atoms with Crippen LogP contribution in [0.5, 0.6) is 5.75 Å². The summed E-state index contributed by atoms with van der Waals surface area (Å²) in [5, 5.41) is 0.0801. The lowest BCUT2D eigenvalue weighted by molar-refractivity contribution is -0.120. The Morgan fingerprint density at radius 3 is 2.45 bits per heavy atom. The Morgan fingerprint density at radius 2 is 1.76 bits per heavy atom. The minimum Gasteiger partial charge on any atom is -0.543 e. The fraction of sp³-hybridized carbons (Fsp3) is 0.258. The van der Waals surface area contributed by atoms with Gasteiger partial charge in [-0.2, -0.15) is 0 Å². The monoisotopic (exact) mass is 523 g/mol. The van der Waals surface area contributed by atoms with Gasteiger partial charge in [0.1, 0.15) is 23.0 Å². The molecule has 1 amide bonds. The Balaban J connectivity index is 1.53. The number of hydrogen-bond donors (Lipinski definition) is 0. The van der Waals surface area contributed by atoms with E-state index in [1.54, 1.807) is 17.2 Å². The van der Waals surface area contributed by atoms with Gasteiger partial charge in [-0.25, -0.2) is 9.98 Å². The van der Waals surface area contributed by atoms with Crippen LogP contribution in [0.4, 0.5) is 0 Å². The van der Waals surface area contributed by atoms with Gasteiger partial charge in [0.05, 0.1) is 11.4 Å². The maximum Gasteiger partial charge on any atom is 0.282 e. The van der Waals surface area contributed by atoms with Crippen LogP contribution in [0.2, 0.25) is 18.1 Å². The third-order valence-electron chi connectivity index (χ3n) is 7.22. The zero-order valence-corrected chi connectivity index (χ0v) is 23.8. The number of furan rings is 1. The molecule has 5 rings (SSSR count). The highest BCUT2D eigenvalue weighted by Crippen LogP contribution is 2.38. The molecule has 0 aliphatic carbocycles. The Morgan fingerprint density at radius 1 is 1.00 bits per heavy atom. The molecule has 3 aromatic rings. The van der Waals surface area contributed by atoms with Crippen LogP contribution in [0.15, 0.2) is 93.0 Å². The van der Waals surface area contributed by atoms with Crippen molar-refractivity contribution >= 4 is 37.5 Å². The fourth-order valence-electron chi connectivity index (χ4n) is 4.08. The lowest BCUT2D eigenvalue weighted by Gasteiger charge is -2.36. The topological polar surface area (TPSA) is 67.4 Å². The number of hydrogen-bond acceptors (Lipinski definition) is 5. The Hall–Kier alpha value is -3.97. The number of amidine groups is 1. The number of amides is 1. The quantitative estimate of drug-likeness (QED) is 0.252. The van der Waals surface area contributed by atoms with Gasteiger partial charge in [0.25, 0.3) is 5.91 Å². The molecule has 0 N–H and O–H groups in total. The number of rotatable bonds is 6. The van der Waals surface area contributed by atoms with Crippen molar-refractivity contribution in [3.63, 3.8) is 0 Å². The van der Waals surface area contributed by atoms with Gasteiger partial charge in [-0.15, -0.1) is 0 Å². The van der Waals surface area contributed by atoms with E-state index in [1.807, 2.05) is 61.5 Å². The summed E-state index contributed by atoms with van der Waals surface area (Å²) >= 11 is 0. The smallest absolute Gasteiger partial charge is 0.282 e. The number of benzene rings is 2. The summed E-state index contributed by atoms with van der Waals surface area (Å²) < 4.78 is 12.2. The first-order valence-corrected chi connectivity index (χ1v) is 15.7. The second-order valence-electron chi connectivity index (χ2n) is 11.2. The second-order valence-corrected chi connectivity index (χ2v) is 15.9. The third kappa shape index (κ3) is 5.20. The van der Waals surface area contributed by atoms with E-state index in [1.165, 1.54) is 0 Å². The Bertz CT molecular complexity index is 1500. The number of nitrogens with zero attached hydrogens (tertiary/aromatic N) is 3. The van der Waals surface area contributed by atoms with E-state index in [0.717, 1.165) is 28.3 Å². The summed E-state index contributed by atoms with van der Waals surface area (Å²) in [4.78, 5) is 24.8. The van der Waals surface area contributed by atoms with Gasteiger partial charge in [-0.3, -0.25) is 9.69 Å². The van der Waals surface area contributed by atoms with Gasteiger partial charge in [0.15, 0.2) is 5.84 Å². The van der Waals surface area contributed by atoms with Crippen molar-refractivity contribution in [2.75, 3.05) is 0 Å². The first-order chi connectivity index (χ1) is 18.0. The van der Waals surface area contributed by atoms with Crippen molar-refractivity contribution in [1.82, 2.24) is 4.90 Å². The van der Waals surface area contributed by atoms with Crippen molar-refractivity contribution in [2.24, 2.45) is 9.98 Å². The normalized spacial score (nSPS) is 16.8. The minimum absolute atomic E-state index is 0.0801. The van der Waals surface area contributed by atoms with Gasteiger partial charge >= 0.3 is 0 Å². The average Bonchev–Trinajstić information content (AvgIpc) is 3.41. The highest BCUT2D eigenvalue weighted by molar-refractivity contribution is 6.74. The number of carbonyl (C=O) groups is 1. The molecule has 3 heterocycles. The summed E-state index contributed by atoms with van der Waals surface area (Å²) in [6, 6.07) is 21.8. The molecule has 0 fully saturated rings. The first kappa shape index (κ1) is 25.7. The predicted molar refractivity (Wildman–Crippen MR) is 156 cm³/mol. The summed E-state index contributed by atoms with van der Waals surface area (Å²) in [7, 11) is -2.01. The van der Waals surface area contributed by atoms with Gasteiger partial charge in [-0.1, -0.05) is 63.2 Å². The standard InChI is InChI=1S/C31H33N3O3Si/c1-21-15-16-24(36-21)19-27-30(35)34-20-28(32-26(29(34)33-27)17-22-11-8-7-9-12-22)23-13-10-14-25(18-23)37-38(5,6)31(2,3)4/h7-16,18-20H,17H2,1-6H3. The van der Waals surface area contributed by atoms with Crippen LogP contribution in [0.25, 0.3) is 11.8 Å². The van der Waals surface area contributed by atoms with E-state index in [9.17, 15) is 4.79 Å². The maximum absolute atomic E-state index is 13.5. The predicted octanol–water partition coefficient (Wildman–Crippen LogP) is 7.25. The molecule has 0 unspecified atom stereocenters. The SMILES string of the molecule is Cc1ccc(C=C2N=C3C(Cc4ccccc4)=NC(c4cccc(O[Si](C)(C)C(C)(C)C)c4)=CN3C2=O)o1. The zero-order valence-electron chi connectivity index (χ0n) is 22.8. The second kappa shape index (κ2) is 9.72. The van der Waals surface area contributed by atoms with E-state index >= 15 is 0 Å². The Labute approximate surface area is 225 Å². The van der Waals surface area contributed by atoms with Crippen molar-refractivity contribution in [3.8, 4) is 5.75 Å². The van der Waals surface area contributed by atoms with Crippen LogP contribution < -0.4 is 4.43 Å². The molecular formula is C31H33N3O3Si. The zero-order chi connectivity index (χ0) is 27.1. The van der Waals surface area contributed by atoms with Crippen molar-refractivity contribution in [3.05, 3.63) is 101 Å². The highest BCUT2D eigenvalue weighted by atomic mass is 28.4. The highest BCUT2D eigenvalue weighted by Gasteiger charge is 2.39. The van der Waals surface area contributed by atoms with Gasteiger partial charge in [0, 0.05) is 24.3 Å². The Kier molecular flexibility index (Phi) is 6.57. The van der Waals surface area contributed by atoms with Gasteiger partial charge < -0.3 is 8.84 Å². The first-order valence-electron chi connectivity index (χ1n) is 12.8. The molecule has 2 aromatic carbocycles. The number of carbonyl (C=O) groups excluding carboxylic acids is 1. The minimum atomic E-state index is -2.01. The van der Waals surface area contributed by atoms with Crippen LogP contribution in [0.3, 0.4) is 0 Å². The molecule has 38 heavy (non-hydrogen) atoms. The molecule has 0 spiro atoms. The van der Waals surface area contributed by atoms with Crippen LogP contribution in [-0.4, -0.2) is 30.7 Å². The molecule has 6 nitrogen and oxygen atoms in total. The van der Waals surface area contributed by atoms with E-state index in [4.69, 9.17) is 18.8 Å². The van der Waals surface area contributed by atoms with Gasteiger partial charge in [-0.05, 0) is 54.9 Å². The van der Waals surface area contributed by atoms with Crippen LogP contribution >= 0.6 is 0 Å². The van der Waals surface area contributed by atoms with Crippen molar-refractivity contribution in [2.45, 2.75) is 52.2 Å². The summed E-state index contributed by atoms with van der Waals surface area (Å²) in [5.74, 6) is 2.53. The summed E-state index contributed by atoms with van der Waals surface area (Å²) in [6.07, 6.45) is 4.01. The van der Waals surface area contributed by atoms with E-state index in [0.29, 0.717) is 29.4 Å². The van der Waals surface area contributed by atoms with Gasteiger partial charge in [0.2, 0.25) is 8.32 Å². The molecule has 2 aliphatic heterocycles. The molecule has 0 saturated heterocycles. The maximum atomic E-state index is 13.5. The lowest BCUT2D eigenvalue weighted by Crippen LogP contribution is -2.43. The van der Waals surface area contributed by atoms with E-state index in [2.05, 4.69) is 46.0 Å². The van der Waals surface area contributed by atoms with Crippen LogP contribution in [0.1, 0.15) is 43.4 Å². The molecule has 0 bridgehead atoms. The average molecular weight is 524 g/mol. The molecule has 0 saturated carbocycles. The molecule has 1 aromatic heterocycles. The van der Waals surface area contributed by atoms with E-state index < -0.39 is 8.32 Å². The molecule has 194 valence electrons. The largest absolute Gasteiger partial charge is 0.543 e. The molecule has 0 atom stereocenters. The molecule has 2 aliphatic rings. The van der Waals surface area contributed by atoms with Crippen LogP contribution in [0, 0.1) is 6.92 Å².